The summed E-state index contributed by atoms with van der Waals surface area (Å²) in [5.41, 5.74) is 0.451. The van der Waals surface area contributed by atoms with Crippen molar-refractivity contribution in [3.63, 3.8) is 0 Å². The van der Waals surface area contributed by atoms with Gasteiger partial charge in [-0.3, -0.25) is 4.99 Å². The van der Waals surface area contributed by atoms with E-state index < -0.39 is 0 Å². The molecule has 0 atom stereocenters. The van der Waals surface area contributed by atoms with Crippen molar-refractivity contribution in [3.8, 4) is 0 Å². The molecule has 0 radical (unpaired) electrons. The summed E-state index contributed by atoms with van der Waals surface area (Å²) in [6.45, 7) is 8.03. The number of hydrogen-bond donors (Lipinski definition) is 2. The van der Waals surface area contributed by atoms with Crippen molar-refractivity contribution < 1.29 is 0 Å². The van der Waals surface area contributed by atoms with Crippen molar-refractivity contribution in [1.82, 2.24) is 20.2 Å². The van der Waals surface area contributed by atoms with Crippen LogP contribution in [0.1, 0.15) is 46.0 Å². The zero-order valence-electron chi connectivity index (χ0n) is 13.8. The summed E-state index contributed by atoms with van der Waals surface area (Å²) < 4.78 is 2.07. The predicted molar refractivity (Wildman–Crippen MR) is 103 cm³/mol. The van der Waals surface area contributed by atoms with Gasteiger partial charge in [0.1, 0.15) is 0 Å². The highest BCUT2D eigenvalue weighted by Crippen LogP contribution is 2.41. The highest BCUT2D eigenvalue weighted by molar-refractivity contribution is 14.0. The first-order valence-corrected chi connectivity index (χ1v) is 8.26. The van der Waals surface area contributed by atoms with Crippen molar-refractivity contribution in [1.29, 1.82) is 0 Å². The Morgan fingerprint density at radius 2 is 2.05 bits per heavy atom. The Kier molecular flexibility index (Phi) is 8.82. The lowest BCUT2D eigenvalue weighted by Gasteiger charge is -2.25. The minimum Gasteiger partial charge on any atom is -0.357 e. The minimum atomic E-state index is 0. The summed E-state index contributed by atoms with van der Waals surface area (Å²) >= 11 is 0. The largest absolute Gasteiger partial charge is 0.357 e. The molecule has 6 heteroatoms. The molecule has 0 unspecified atom stereocenters. The lowest BCUT2D eigenvalue weighted by Crippen LogP contribution is -2.39. The predicted octanol–water partition coefficient (Wildman–Crippen LogP) is 3.03. The van der Waals surface area contributed by atoms with Crippen LogP contribution in [0.5, 0.6) is 0 Å². The second-order valence-corrected chi connectivity index (χ2v) is 5.98. The minimum absolute atomic E-state index is 0. The van der Waals surface area contributed by atoms with Gasteiger partial charge in [0.05, 0.1) is 6.33 Å². The van der Waals surface area contributed by atoms with Crippen LogP contribution in [-0.4, -0.2) is 35.1 Å². The van der Waals surface area contributed by atoms with Gasteiger partial charge in [0.2, 0.25) is 0 Å². The fourth-order valence-electron chi connectivity index (χ4n) is 3.06. The Labute approximate surface area is 151 Å². The first-order chi connectivity index (χ1) is 10.3. The van der Waals surface area contributed by atoms with Gasteiger partial charge < -0.3 is 15.2 Å². The smallest absolute Gasteiger partial charge is 0.191 e. The SMILES string of the molecule is CCNC(=NCC1(CC)CCCC1)NCCn1ccnc1.I. The monoisotopic (exact) mass is 419 g/mol. The fourth-order valence-corrected chi connectivity index (χ4v) is 3.06. The molecule has 0 amide bonds. The summed E-state index contributed by atoms with van der Waals surface area (Å²) in [4.78, 5) is 8.88. The first-order valence-electron chi connectivity index (χ1n) is 8.26. The second kappa shape index (κ2) is 10.1. The van der Waals surface area contributed by atoms with Crippen molar-refractivity contribution in [3.05, 3.63) is 18.7 Å². The molecule has 2 rings (SSSR count). The van der Waals surface area contributed by atoms with Crippen LogP contribution in [0.2, 0.25) is 0 Å². The fraction of sp³-hybridized carbons (Fsp3) is 0.750. The lowest BCUT2D eigenvalue weighted by molar-refractivity contribution is 0.297. The summed E-state index contributed by atoms with van der Waals surface area (Å²) in [6, 6.07) is 0. The average Bonchev–Trinajstić information content (AvgIpc) is 3.17. The Bertz CT molecular complexity index is 424. The molecule has 0 bridgehead atoms. The Balaban J connectivity index is 0.00000242. The van der Waals surface area contributed by atoms with E-state index in [4.69, 9.17) is 4.99 Å². The summed E-state index contributed by atoms with van der Waals surface area (Å²) in [7, 11) is 0. The molecule has 126 valence electrons. The highest BCUT2D eigenvalue weighted by atomic mass is 127. The summed E-state index contributed by atoms with van der Waals surface area (Å²) in [6.07, 6.45) is 12.3. The van der Waals surface area contributed by atoms with Crippen LogP contribution in [0.15, 0.2) is 23.7 Å². The third-order valence-electron chi connectivity index (χ3n) is 4.55. The van der Waals surface area contributed by atoms with Crippen molar-refractivity contribution in [2.24, 2.45) is 10.4 Å². The van der Waals surface area contributed by atoms with E-state index in [9.17, 15) is 0 Å². The van der Waals surface area contributed by atoms with Gasteiger partial charge in [0, 0.05) is 38.6 Å². The van der Waals surface area contributed by atoms with E-state index in [1.807, 2.05) is 18.7 Å². The maximum absolute atomic E-state index is 4.83. The van der Waals surface area contributed by atoms with Crippen LogP contribution in [0.3, 0.4) is 0 Å². The van der Waals surface area contributed by atoms with E-state index in [-0.39, 0.29) is 24.0 Å². The second-order valence-electron chi connectivity index (χ2n) is 5.98. The van der Waals surface area contributed by atoms with Crippen molar-refractivity contribution >= 4 is 29.9 Å². The topological polar surface area (TPSA) is 54.2 Å². The van der Waals surface area contributed by atoms with E-state index in [1.54, 1.807) is 0 Å². The van der Waals surface area contributed by atoms with Gasteiger partial charge in [-0.25, -0.2) is 4.98 Å². The zero-order chi connectivity index (χ0) is 15.0. The standard InChI is InChI=1S/C16H29N5.HI/c1-3-16(7-5-6-8-16)13-20-15(18-4-2)19-10-12-21-11-9-17-14-21;/h9,11,14H,3-8,10,12-13H2,1-2H3,(H2,18,19,20);1H. The first kappa shape index (κ1) is 19.3. The molecule has 0 spiro atoms. The third kappa shape index (κ3) is 5.78. The van der Waals surface area contributed by atoms with Crippen LogP contribution in [0.4, 0.5) is 0 Å². The van der Waals surface area contributed by atoms with Crippen LogP contribution < -0.4 is 10.6 Å². The molecule has 1 heterocycles. The average molecular weight is 419 g/mol. The molecule has 1 aromatic heterocycles. The highest BCUT2D eigenvalue weighted by Gasteiger charge is 2.31. The van der Waals surface area contributed by atoms with Gasteiger partial charge >= 0.3 is 0 Å². The summed E-state index contributed by atoms with van der Waals surface area (Å²) in [5, 5.41) is 6.76. The Morgan fingerprint density at radius 3 is 2.64 bits per heavy atom. The number of rotatable bonds is 7. The van der Waals surface area contributed by atoms with E-state index in [0.29, 0.717) is 5.41 Å². The molecular formula is C16H30IN5. The molecule has 1 saturated carbocycles. The Hall–Kier alpha value is -0.790. The number of hydrogen-bond acceptors (Lipinski definition) is 2. The maximum atomic E-state index is 4.83. The number of imidazole rings is 1. The molecule has 5 nitrogen and oxygen atoms in total. The molecule has 0 aromatic carbocycles. The number of guanidine groups is 1. The number of nitrogens with zero attached hydrogens (tertiary/aromatic N) is 3. The maximum Gasteiger partial charge on any atom is 0.191 e. The van der Waals surface area contributed by atoms with Crippen molar-refractivity contribution in [2.75, 3.05) is 19.6 Å². The molecule has 0 saturated heterocycles. The molecule has 1 aliphatic rings. The third-order valence-corrected chi connectivity index (χ3v) is 4.55. The molecule has 0 aliphatic heterocycles. The lowest BCUT2D eigenvalue weighted by atomic mass is 9.84. The van der Waals surface area contributed by atoms with E-state index in [2.05, 4.69) is 34.0 Å². The molecule has 1 aromatic rings. The zero-order valence-corrected chi connectivity index (χ0v) is 16.2. The van der Waals surface area contributed by atoms with Crippen LogP contribution >= 0.6 is 24.0 Å². The van der Waals surface area contributed by atoms with Gasteiger partial charge in [-0.15, -0.1) is 24.0 Å². The van der Waals surface area contributed by atoms with E-state index >= 15 is 0 Å². The normalized spacial score (nSPS) is 17.1. The van der Waals surface area contributed by atoms with Gasteiger partial charge in [0.25, 0.3) is 0 Å². The van der Waals surface area contributed by atoms with Gasteiger partial charge in [0.15, 0.2) is 5.96 Å². The molecular weight excluding hydrogens is 389 g/mol. The molecule has 2 N–H and O–H groups in total. The van der Waals surface area contributed by atoms with Crippen molar-refractivity contribution in [2.45, 2.75) is 52.5 Å². The van der Waals surface area contributed by atoms with Crippen LogP contribution in [0.25, 0.3) is 0 Å². The van der Waals surface area contributed by atoms with Gasteiger partial charge in [-0.2, -0.15) is 0 Å². The van der Waals surface area contributed by atoms with Crippen LogP contribution in [-0.2, 0) is 6.54 Å². The van der Waals surface area contributed by atoms with E-state index in [1.165, 1.54) is 32.1 Å². The number of nitrogens with one attached hydrogen (secondary N) is 2. The molecule has 1 fully saturated rings. The van der Waals surface area contributed by atoms with E-state index in [0.717, 1.165) is 32.1 Å². The number of aromatic nitrogens is 2. The molecule has 22 heavy (non-hydrogen) atoms. The number of halogens is 1. The quantitative estimate of drug-likeness (QED) is 0.406. The van der Waals surface area contributed by atoms with Gasteiger partial charge in [-0.1, -0.05) is 19.8 Å². The summed E-state index contributed by atoms with van der Waals surface area (Å²) in [5.74, 6) is 0.942. The Morgan fingerprint density at radius 1 is 1.27 bits per heavy atom. The molecule has 1 aliphatic carbocycles. The van der Waals surface area contributed by atoms with Gasteiger partial charge in [-0.05, 0) is 31.6 Å². The van der Waals surface area contributed by atoms with Crippen LogP contribution in [0, 0.1) is 5.41 Å². The number of aliphatic imine (C=N–C) groups is 1.